The maximum Gasteiger partial charge on any atom is 0.426 e. The molecule has 0 amide bonds. The summed E-state index contributed by atoms with van der Waals surface area (Å²) in [6, 6.07) is 12.8. The molecule has 2 aromatic carbocycles. The lowest BCUT2D eigenvalue weighted by atomic mass is 9.91. The number of nitrogens with zero attached hydrogens (tertiary/aromatic N) is 4. The fourth-order valence-corrected chi connectivity index (χ4v) is 4.24. The molecule has 1 aliphatic heterocycles. The van der Waals surface area contributed by atoms with Crippen molar-refractivity contribution in [3.8, 4) is 23.2 Å². The minimum Gasteiger partial charge on any atom is -0.439 e. The number of ether oxygens (including phenoxy) is 2. The first-order chi connectivity index (χ1) is 19.0. The van der Waals surface area contributed by atoms with Gasteiger partial charge in [-0.2, -0.15) is 13.2 Å². The number of allylic oxidation sites excluding steroid dienone is 1. The van der Waals surface area contributed by atoms with Crippen molar-refractivity contribution in [2.75, 3.05) is 0 Å². The van der Waals surface area contributed by atoms with Gasteiger partial charge < -0.3 is 13.9 Å². The third-order valence-electron chi connectivity index (χ3n) is 6.38. The lowest BCUT2D eigenvalue weighted by Gasteiger charge is -2.33. The summed E-state index contributed by atoms with van der Waals surface area (Å²) in [5.74, 6) is -2.59. The molecule has 206 valence electrons. The molecule has 40 heavy (non-hydrogen) atoms. The van der Waals surface area contributed by atoms with Crippen molar-refractivity contribution in [1.82, 2.24) is 15.2 Å². The molecule has 0 spiro atoms. The number of aryl methyl sites for hydroxylation is 1. The number of halogens is 4. The summed E-state index contributed by atoms with van der Waals surface area (Å²) in [5.41, 5.74) is -3.30. The Kier molecular flexibility index (Phi) is 6.84. The van der Waals surface area contributed by atoms with E-state index in [9.17, 15) is 27.7 Å². The number of alkyl halides is 3. The number of pyridine rings is 1. The Morgan fingerprint density at radius 3 is 2.60 bits per heavy atom. The van der Waals surface area contributed by atoms with Crippen LogP contribution >= 0.6 is 0 Å². The summed E-state index contributed by atoms with van der Waals surface area (Å²) in [6.07, 6.45) is -6.18. The second-order valence-electron chi connectivity index (χ2n) is 9.13. The number of benzene rings is 2. The average Bonchev–Trinajstić information content (AvgIpc) is 3.39. The highest BCUT2D eigenvalue weighted by molar-refractivity contribution is 5.66. The zero-order valence-corrected chi connectivity index (χ0v) is 20.9. The van der Waals surface area contributed by atoms with Gasteiger partial charge in [0.15, 0.2) is 0 Å². The molecule has 1 unspecified atom stereocenters. The molecule has 0 saturated heterocycles. The van der Waals surface area contributed by atoms with E-state index < -0.39 is 58.7 Å². The zero-order chi connectivity index (χ0) is 28.7. The van der Waals surface area contributed by atoms with Crippen molar-refractivity contribution < 1.29 is 36.4 Å². The molecule has 4 aromatic rings. The van der Waals surface area contributed by atoms with Gasteiger partial charge in [0, 0.05) is 17.7 Å². The summed E-state index contributed by atoms with van der Waals surface area (Å²) < 4.78 is 76.1. The normalized spacial score (nSPS) is 17.2. The van der Waals surface area contributed by atoms with Gasteiger partial charge in [0.25, 0.3) is 11.8 Å². The summed E-state index contributed by atoms with van der Waals surface area (Å²) in [4.78, 5) is 15.1. The zero-order valence-electron chi connectivity index (χ0n) is 20.9. The molecular weight excluding hydrogens is 536 g/mol. The molecule has 3 heterocycles. The van der Waals surface area contributed by atoms with Gasteiger partial charge in [-0.1, -0.05) is 36.9 Å². The molecule has 5 rings (SSSR count). The van der Waals surface area contributed by atoms with Crippen LogP contribution in [0.25, 0.3) is 17.2 Å². The van der Waals surface area contributed by atoms with Crippen LogP contribution in [0.4, 0.5) is 23.2 Å². The van der Waals surface area contributed by atoms with E-state index in [1.54, 1.807) is 30.3 Å². The van der Waals surface area contributed by atoms with Gasteiger partial charge in [-0.15, -0.1) is 10.2 Å². The average molecular weight is 556 g/mol. The smallest absolute Gasteiger partial charge is 0.426 e. The number of hydrogen-bond acceptors (Lipinski definition) is 8. The van der Waals surface area contributed by atoms with Crippen LogP contribution in [0.5, 0.6) is 11.6 Å². The van der Waals surface area contributed by atoms with Crippen LogP contribution in [0.3, 0.4) is 0 Å². The third kappa shape index (κ3) is 5.02. The molecular formula is C27H20F4N4O5. The molecule has 1 atom stereocenters. The molecule has 13 heteroatoms. The van der Waals surface area contributed by atoms with Crippen LogP contribution in [0.2, 0.25) is 0 Å². The molecule has 0 saturated carbocycles. The van der Waals surface area contributed by atoms with Gasteiger partial charge in [-0.05, 0) is 48.6 Å². The minimum absolute atomic E-state index is 0.0442. The summed E-state index contributed by atoms with van der Waals surface area (Å²) >= 11 is 0. The monoisotopic (exact) mass is 556 g/mol. The van der Waals surface area contributed by atoms with Crippen LogP contribution in [-0.2, 0) is 16.9 Å². The molecule has 0 N–H and O–H groups in total. The van der Waals surface area contributed by atoms with Gasteiger partial charge in [-0.3, -0.25) is 10.1 Å². The van der Waals surface area contributed by atoms with Crippen LogP contribution in [0.15, 0.2) is 65.6 Å². The van der Waals surface area contributed by atoms with Gasteiger partial charge >= 0.3 is 11.9 Å². The fourth-order valence-electron chi connectivity index (χ4n) is 4.24. The first kappa shape index (κ1) is 26.9. The summed E-state index contributed by atoms with van der Waals surface area (Å²) in [6.45, 7) is 4.84. The second-order valence-corrected chi connectivity index (χ2v) is 9.13. The molecule has 0 aliphatic carbocycles. The van der Waals surface area contributed by atoms with E-state index in [1.807, 2.05) is 0 Å². The molecule has 0 radical (unpaired) electrons. The quantitative estimate of drug-likeness (QED) is 0.149. The van der Waals surface area contributed by atoms with Gasteiger partial charge in [0.2, 0.25) is 17.2 Å². The van der Waals surface area contributed by atoms with E-state index in [0.29, 0.717) is 5.56 Å². The highest BCUT2D eigenvalue weighted by atomic mass is 19.4. The predicted octanol–water partition coefficient (Wildman–Crippen LogP) is 7.06. The fraction of sp³-hybridized carbons (Fsp3) is 0.222. The number of rotatable bonds is 4. The number of fused-ring (bicyclic) bond motifs is 7. The molecule has 9 nitrogen and oxygen atoms in total. The first-order valence-corrected chi connectivity index (χ1v) is 11.9. The Balaban J connectivity index is 1.73. The van der Waals surface area contributed by atoms with Crippen LogP contribution in [-0.4, -0.2) is 26.3 Å². The topological polar surface area (TPSA) is 113 Å². The van der Waals surface area contributed by atoms with Crippen LogP contribution < -0.4 is 4.74 Å². The second kappa shape index (κ2) is 10.2. The van der Waals surface area contributed by atoms with Crippen molar-refractivity contribution in [3.63, 3.8) is 0 Å². The maximum absolute atomic E-state index is 14.9. The maximum atomic E-state index is 14.9. The van der Waals surface area contributed by atoms with E-state index in [1.165, 1.54) is 13.0 Å². The number of nitro groups is 1. The standard InChI is InChI=1S/C27H20F4N4O5/c1-15-8-9-26(27(29,30)31,38-14-17-6-4-3-5-7-17)25-34-33-24(40-25)22-21(35(36)37)10-16(2)23(32-22)39-20-12-18(15)11-19(28)13-20/h3-7,10-13H,1,8-9,14H2,2H3. The Morgan fingerprint density at radius 1 is 1.15 bits per heavy atom. The highest BCUT2D eigenvalue weighted by Crippen LogP contribution is 2.48. The van der Waals surface area contributed by atoms with E-state index in [4.69, 9.17) is 13.9 Å². The van der Waals surface area contributed by atoms with E-state index in [2.05, 4.69) is 21.8 Å². The SMILES string of the molecule is C=C1CCC(OCc2ccccc2)(C(F)(F)F)c2nnc(o2)-c2nc(c(C)cc2[N+](=O)[O-])Oc2cc(F)cc1c2. The van der Waals surface area contributed by atoms with Crippen LogP contribution in [0, 0.1) is 22.9 Å². The van der Waals surface area contributed by atoms with Gasteiger partial charge in [0.05, 0.1) is 11.5 Å². The van der Waals surface area contributed by atoms with Crippen molar-refractivity contribution in [2.45, 2.75) is 38.1 Å². The Morgan fingerprint density at radius 2 is 1.90 bits per heavy atom. The molecule has 2 aromatic heterocycles. The van der Waals surface area contributed by atoms with Gasteiger partial charge in [-0.25, -0.2) is 9.37 Å². The van der Waals surface area contributed by atoms with Crippen molar-refractivity contribution in [1.29, 1.82) is 0 Å². The van der Waals surface area contributed by atoms with Crippen molar-refractivity contribution in [2.24, 2.45) is 0 Å². The van der Waals surface area contributed by atoms with Crippen molar-refractivity contribution >= 4 is 11.3 Å². The Hall–Kier alpha value is -4.65. The Labute approximate surface area is 224 Å². The predicted molar refractivity (Wildman–Crippen MR) is 133 cm³/mol. The lowest BCUT2D eigenvalue weighted by molar-refractivity contribution is -0.384. The van der Waals surface area contributed by atoms with E-state index in [-0.39, 0.29) is 34.8 Å². The minimum atomic E-state index is -5.09. The van der Waals surface area contributed by atoms with E-state index in [0.717, 1.165) is 18.2 Å². The number of hydrogen-bond donors (Lipinski definition) is 0. The largest absolute Gasteiger partial charge is 0.439 e. The summed E-state index contributed by atoms with van der Waals surface area (Å²) in [5, 5.41) is 19.1. The highest BCUT2D eigenvalue weighted by Gasteiger charge is 2.61. The first-order valence-electron chi connectivity index (χ1n) is 11.9. The summed E-state index contributed by atoms with van der Waals surface area (Å²) in [7, 11) is 0. The number of aromatic nitrogens is 3. The molecule has 6 bridgehead atoms. The van der Waals surface area contributed by atoms with Crippen molar-refractivity contribution in [3.05, 3.63) is 99.7 Å². The molecule has 1 aliphatic rings. The lowest BCUT2D eigenvalue weighted by Crippen LogP contribution is -2.45. The Bertz CT molecular complexity index is 1610. The third-order valence-corrected chi connectivity index (χ3v) is 6.38. The van der Waals surface area contributed by atoms with Gasteiger partial charge in [0.1, 0.15) is 11.6 Å². The molecule has 0 fully saturated rings. The van der Waals surface area contributed by atoms with Crippen LogP contribution in [0.1, 0.15) is 35.4 Å². The van der Waals surface area contributed by atoms with E-state index >= 15 is 0 Å².